The van der Waals surface area contributed by atoms with Crippen LogP contribution in [-0.4, -0.2) is 11.0 Å². The lowest BCUT2D eigenvalue weighted by Gasteiger charge is -2.25. The van der Waals surface area contributed by atoms with E-state index in [0.717, 1.165) is 0 Å². The molecule has 0 spiro atoms. The summed E-state index contributed by atoms with van der Waals surface area (Å²) in [5.74, 6) is 0.602. The molecule has 1 aliphatic heterocycles. The maximum atomic E-state index is 11.9. The molecule has 0 radical (unpaired) electrons. The molecule has 1 aliphatic rings. The van der Waals surface area contributed by atoms with Crippen LogP contribution in [0.15, 0.2) is 48.5 Å². The molecule has 0 saturated heterocycles. The van der Waals surface area contributed by atoms with Gasteiger partial charge >= 0.3 is 0 Å². The zero-order valence-corrected chi connectivity index (χ0v) is 9.46. The van der Waals surface area contributed by atoms with Gasteiger partial charge in [0.25, 0.3) is 5.91 Å². The first-order valence-electron chi connectivity index (χ1n) is 5.59. The number of hydrogen-bond acceptors (Lipinski definition) is 3. The van der Waals surface area contributed by atoms with Gasteiger partial charge in [-0.15, -0.1) is 0 Å². The number of carbonyl (C=O) groups excluding carboxylic acids is 1. The first kappa shape index (κ1) is 10.7. The van der Waals surface area contributed by atoms with Crippen molar-refractivity contribution in [1.29, 1.82) is 0 Å². The van der Waals surface area contributed by atoms with Crippen LogP contribution in [-0.2, 0) is 4.79 Å². The monoisotopic (exact) mass is 241 g/mol. The molecular formula is C14H11NO3. The molecule has 0 fully saturated rings. The Morgan fingerprint density at radius 2 is 1.78 bits per heavy atom. The van der Waals surface area contributed by atoms with E-state index in [2.05, 4.69) is 5.32 Å². The Morgan fingerprint density at radius 1 is 1.06 bits per heavy atom. The number of fused-ring (bicyclic) bond motifs is 1. The number of ether oxygens (including phenoxy) is 1. The second-order valence-electron chi connectivity index (χ2n) is 4.07. The van der Waals surface area contributed by atoms with E-state index in [1.807, 2.05) is 18.2 Å². The van der Waals surface area contributed by atoms with Crippen molar-refractivity contribution in [2.45, 2.75) is 6.10 Å². The maximum absolute atomic E-state index is 11.9. The highest BCUT2D eigenvalue weighted by Gasteiger charge is 2.28. The quantitative estimate of drug-likeness (QED) is 0.806. The van der Waals surface area contributed by atoms with Crippen molar-refractivity contribution in [2.24, 2.45) is 0 Å². The topological polar surface area (TPSA) is 58.6 Å². The Bertz CT molecular complexity index is 592. The van der Waals surface area contributed by atoms with Gasteiger partial charge in [-0.2, -0.15) is 0 Å². The Balaban J connectivity index is 1.95. The molecule has 2 aromatic carbocycles. The molecule has 0 aromatic heterocycles. The fourth-order valence-corrected chi connectivity index (χ4v) is 1.92. The summed E-state index contributed by atoms with van der Waals surface area (Å²) in [6, 6.07) is 13.7. The van der Waals surface area contributed by atoms with Gasteiger partial charge in [0.2, 0.25) is 6.10 Å². The average molecular weight is 241 g/mol. The molecule has 2 aromatic rings. The number of rotatable bonds is 1. The van der Waals surface area contributed by atoms with E-state index >= 15 is 0 Å². The number of aromatic hydroxyl groups is 1. The summed E-state index contributed by atoms with van der Waals surface area (Å²) >= 11 is 0. The van der Waals surface area contributed by atoms with Crippen LogP contribution in [0.5, 0.6) is 11.5 Å². The fourth-order valence-electron chi connectivity index (χ4n) is 1.92. The molecule has 2 N–H and O–H groups in total. The maximum Gasteiger partial charge on any atom is 0.270 e. The van der Waals surface area contributed by atoms with Crippen LogP contribution in [0.1, 0.15) is 11.7 Å². The number of hydrogen-bond donors (Lipinski definition) is 2. The van der Waals surface area contributed by atoms with E-state index in [0.29, 0.717) is 17.0 Å². The summed E-state index contributed by atoms with van der Waals surface area (Å²) < 4.78 is 5.68. The number of benzene rings is 2. The molecule has 0 saturated carbocycles. The molecule has 18 heavy (non-hydrogen) atoms. The van der Waals surface area contributed by atoms with Gasteiger partial charge in [-0.05, 0) is 24.3 Å². The van der Waals surface area contributed by atoms with E-state index in [-0.39, 0.29) is 11.7 Å². The summed E-state index contributed by atoms with van der Waals surface area (Å²) in [7, 11) is 0. The number of para-hydroxylation sites is 2. The Hall–Kier alpha value is -2.49. The number of phenols is 1. The molecule has 1 amide bonds. The summed E-state index contributed by atoms with van der Waals surface area (Å²) in [6.07, 6.45) is -0.680. The van der Waals surface area contributed by atoms with Crippen molar-refractivity contribution >= 4 is 11.6 Å². The minimum absolute atomic E-state index is 0.162. The van der Waals surface area contributed by atoms with Gasteiger partial charge < -0.3 is 15.2 Å². The van der Waals surface area contributed by atoms with Gasteiger partial charge in [0.05, 0.1) is 5.69 Å². The molecule has 1 heterocycles. The van der Waals surface area contributed by atoms with Crippen LogP contribution in [0.2, 0.25) is 0 Å². The summed E-state index contributed by atoms with van der Waals surface area (Å²) in [4.78, 5) is 11.9. The third-order valence-electron chi connectivity index (χ3n) is 2.82. The highest BCUT2D eigenvalue weighted by atomic mass is 16.5. The third-order valence-corrected chi connectivity index (χ3v) is 2.82. The van der Waals surface area contributed by atoms with E-state index in [9.17, 15) is 9.90 Å². The lowest BCUT2D eigenvalue weighted by molar-refractivity contribution is -0.123. The van der Waals surface area contributed by atoms with E-state index in [1.54, 1.807) is 18.2 Å². The van der Waals surface area contributed by atoms with Gasteiger partial charge in [-0.25, -0.2) is 0 Å². The minimum Gasteiger partial charge on any atom is -0.508 e. The molecule has 4 heteroatoms. The van der Waals surface area contributed by atoms with Crippen LogP contribution < -0.4 is 10.1 Å². The van der Waals surface area contributed by atoms with Crippen LogP contribution in [0.3, 0.4) is 0 Å². The van der Waals surface area contributed by atoms with E-state index < -0.39 is 6.10 Å². The first-order chi connectivity index (χ1) is 8.74. The van der Waals surface area contributed by atoms with Crippen molar-refractivity contribution in [3.63, 3.8) is 0 Å². The van der Waals surface area contributed by atoms with Gasteiger partial charge in [0.15, 0.2) is 0 Å². The Labute approximate surface area is 104 Å². The molecule has 0 aliphatic carbocycles. The molecule has 1 unspecified atom stereocenters. The van der Waals surface area contributed by atoms with Crippen molar-refractivity contribution in [3.8, 4) is 11.5 Å². The van der Waals surface area contributed by atoms with E-state index in [4.69, 9.17) is 4.74 Å². The Kier molecular flexibility index (Phi) is 2.41. The van der Waals surface area contributed by atoms with Crippen molar-refractivity contribution in [3.05, 3.63) is 54.1 Å². The smallest absolute Gasteiger partial charge is 0.270 e. The summed E-state index contributed by atoms with van der Waals surface area (Å²) in [5, 5.41) is 12.0. The zero-order valence-electron chi connectivity index (χ0n) is 9.46. The van der Waals surface area contributed by atoms with Crippen LogP contribution in [0.25, 0.3) is 0 Å². The number of phenolic OH excluding ortho intramolecular Hbond substituents is 1. The van der Waals surface area contributed by atoms with Gasteiger partial charge in [0.1, 0.15) is 11.5 Å². The second kappa shape index (κ2) is 4.07. The molecule has 4 nitrogen and oxygen atoms in total. The van der Waals surface area contributed by atoms with Crippen molar-refractivity contribution in [2.75, 3.05) is 5.32 Å². The number of anilines is 1. The highest BCUT2D eigenvalue weighted by Crippen LogP contribution is 2.34. The first-order valence-corrected chi connectivity index (χ1v) is 5.59. The second-order valence-corrected chi connectivity index (χ2v) is 4.07. The summed E-state index contributed by atoms with van der Waals surface area (Å²) in [6.45, 7) is 0. The fraction of sp³-hybridized carbons (Fsp3) is 0.0714. The lowest BCUT2D eigenvalue weighted by atomic mass is 10.1. The third kappa shape index (κ3) is 1.78. The number of carbonyl (C=O) groups is 1. The molecular weight excluding hydrogens is 230 g/mol. The standard InChI is InChI=1S/C14H11NO3/c16-10-7-5-9(6-8-10)13-14(17)15-11-3-1-2-4-12(11)18-13/h1-8,13,16H,(H,15,17). The SMILES string of the molecule is O=C1Nc2ccccc2OC1c1ccc(O)cc1. The Morgan fingerprint density at radius 3 is 2.56 bits per heavy atom. The zero-order chi connectivity index (χ0) is 12.5. The average Bonchev–Trinajstić information content (AvgIpc) is 2.39. The number of amides is 1. The largest absolute Gasteiger partial charge is 0.508 e. The van der Waals surface area contributed by atoms with E-state index in [1.165, 1.54) is 12.1 Å². The highest BCUT2D eigenvalue weighted by molar-refractivity contribution is 5.98. The molecule has 0 bridgehead atoms. The van der Waals surface area contributed by atoms with Crippen molar-refractivity contribution < 1.29 is 14.6 Å². The predicted octanol–water partition coefficient (Wildman–Crippen LogP) is 2.46. The predicted molar refractivity (Wildman–Crippen MR) is 66.5 cm³/mol. The van der Waals surface area contributed by atoms with Crippen LogP contribution in [0, 0.1) is 0 Å². The van der Waals surface area contributed by atoms with Crippen LogP contribution in [0.4, 0.5) is 5.69 Å². The van der Waals surface area contributed by atoms with Crippen molar-refractivity contribution in [1.82, 2.24) is 0 Å². The summed E-state index contributed by atoms with van der Waals surface area (Å²) in [5.41, 5.74) is 1.39. The molecule has 1 atom stereocenters. The van der Waals surface area contributed by atoms with Gasteiger partial charge in [-0.1, -0.05) is 24.3 Å². The molecule has 90 valence electrons. The normalized spacial score (nSPS) is 17.6. The van der Waals surface area contributed by atoms with Gasteiger partial charge in [0, 0.05) is 5.56 Å². The molecule has 3 rings (SSSR count). The number of nitrogens with one attached hydrogen (secondary N) is 1. The lowest BCUT2D eigenvalue weighted by Crippen LogP contribution is -2.29. The van der Waals surface area contributed by atoms with Crippen LogP contribution >= 0.6 is 0 Å². The minimum atomic E-state index is -0.680. The van der Waals surface area contributed by atoms with Gasteiger partial charge in [-0.3, -0.25) is 4.79 Å².